The second-order valence-corrected chi connectivity index (χ2v) is 7.58. The Bertz CT molecular complexity index is 972. The zero-order valence-electron chi connectivity index (χ0n) is 13.8. The summed E-state index contributed by atoms with van der Waals surface area (Å²) in [7, 11) is 0. The summed E-state index contributed by atoms with van der Waals surface area (Å²) in [5, 5.41) is 0.760. The number of aryl methyl sites for hydroxylation is 1. The van der Waals surface area contributed by atoms with E-state index in [-0.39, 0.29) is 12.4 Å². The number of ketones is 1. The van der Waals surface area contributed by atoms with Gasteiger partial charge in [0.15, 0.2) is 6.61 Å². The highest BCUT2D eigenvalue weighted by molar-refractivity contribution is 7.14. The molecule has 1 aliphatic rings. The maximum absolute atomic E-state index is 12.6. The molecule has 1 aromatic carbocycles. The van der Waals surface area contributed by atoms with Crippen molar-refractivity contribution in [1.29, 1.82) is 0 Å². The second-order valence-electron chi connectivity index (χ2n) is 6.30. The van der Waals surface area contributed by atoms with E-state index in [1.165, 1.54) is 11.3 Å². The highest BCUT2D eigenvalue weighted by atomic mass is 32.1. The van der Waals surface area contributed by atoms with Crippen molar-refractivity contribution in [3.8, 4) is 0 Å². The molecule has 0 aliphatic heterocycles. The van der Waals surface area contributed by atoms with Gasteiger partial charge in [-0.2, -0.15) is 0 Å². The summed E-state index contributed by atoms with van der Waals surface area (Å²) in [4.78, 5) is 31.1. The molecule has 4 nitrogen and oxygen atoms in total. The molecule has 2 heterocycles. The van der Waals surface area contributed by atoms with Crippen LogP contribution < -0.4 is 0 Å². The molecular formula is C20H17NO3S. The number of aromatic nitrogens is 1. The van der Waals surface area contributed by atoms with Crippen LogP contribution in [0.4, 0.5) is 0 Å². The van der Waals surface area contributed by atoms with E-state index in [1.54, 1.807) is 6.07 Å². The van der Waals surface area contributed by atoms with Gasteiger partial charge in [0.25, 0.3) is 0 Å². The van der Waals surface area contributed by atoms with Gasteiger partial charge in [0, 0.05) is 21.9 Å². The summed E-state index contributed by atoms with van der Waals surface area (Å²) in [5.41, 5.74) is 2.22. The Morgan fingerprint density at radius 2 is 2.00 bits per heavy atom. The number of pyridine rings is 1. The first-order valence-electron chi connectivity index (χ1n) is 8.28. The third kappa shape index (κ3) is 3.33. The molecule has 0 saturated heterocycles. The maximum Gasteiger partial charge on any atom is 0.339 e. The van der Waals surface area contributed by atoms with E-state index < -0.39 is 5.97 Å². The highest BCUT2D eigenvalue weighted by Gasteiger charge is 2.27. The Kier molecular flexibility index (Phi) is 4.09. The number of nitrogens with zero attached hydrogens (tertiary/aromatic N) is 1. The van der Waals surface area contributed by atoms with Crippen LogP contribution in [0.3, 0.4) is 0 Å². The summed E-state index contributed by atoms with van der Waals surface area (Å²) in [6.45, 7) is 1.70. The molecule has 0 unspecified atom stereocenters. The Labute approximate surface area is 149 Å². The summed E-state index contributed by atoms with van der Waals surface area (Å²) >= 11 is 1.41. The van der Waals surface area contributed by atoms with Crippen molar-refractivity contribution in [3.05, 3.63) is 63.5 Å². The van der Waals surface area contributed by atoms with Gasteiger partial charge >= 0.3 is 5.97 Å². The summed E-state index contributed by atoms with van der Waals surface area (Å²) < 4.78 is 5.31. The number of Topliss-reactive ketones (excluding diaryl/α,β-unsaturated/α-hetero) is 1. The monoisotopic (exact) mass is 351 g/mol. The van der Waals surface area contributed by atoms with Gasteiger partial charge in [0.2, 0.25) is 5.78 Å². The van der Waals surface area contributed by atoms with Gasteiger partial charge in [-0.15, -0.1) is 11.3 Å². The number of thiophene rings is 1. The van der Waals surface area contributed by atoms with Crippen LogP contribution in [-0.4, -0.2) is 23.3 Å². The first kappa shape index (κ1) is 16.0. The van der Waals surface area contributed by atoms with Gasteiger partial charge < -0.3 is 4.74 Å². The van der Waals surface area contributed by atoms with Crippen LogP contribution >= 0.6 is 11.3 Å². The van der Waals surface area contributed by atoms with E-state index in [1.807, 2.05) is 43.3 Å². The van der Waals surface area contributed by atoms with Gasteiger partial charge in [-0.1, -0.05) is 18.2 Å². The minimum Gasteiger partial charge on any atom is -0.454 e. The van der Waals surface area contributed by atoms with Gasteiger partial charge in [0.1, 0.15) is 0 Å². The first-order chi connectivity index (χ1) is 12.1. The van der Waals surface area contributed by atoms with Crippen LogP contribution in [0.5, 0.6) is 0 Å². The predicted molar refractivity (Wildman–Crippen MR) is 97.4 cm³/mol. The minimum atomic E-state index is -0.470. The van der Waals surface area contributed by atoms with Crippen LogP contribution in [-0.2, 0) is 4.74 Å². The van der Waals surface area contributed by atoms with Crippen LogP contribution in [0.1, 0.15) is 49.4 Å². The molecule has 1 saturated carbocycles. The minimum absolute atomic E-state index is 0.174. The number of benzene rings is 1. The summed E-state index contributed by atoms with van der Waals surface area (Å²) in [6, 6.07) is 13.0. The van der Waals surface area contributed by atoms with Crippen LogP contribution in [0.25, 0.3) is 10.9 Å². The van der Waals surface area contributed by atoms with E-state index in [4.69, 9.17) is 4.74 Å². The second kappa shape index (κ2) is 6.41. The number of hydrogen-bond donors (Lipinski definition) is 0. The molecule has 25 heavy (non-hydrogen) atoms. The molecule has 0 bridgehead atoms. The van der Waals surface area contributed by atoms with Crippen molar-refractivity contribution in [2.75, 3.05) is 6.61 Å². The number of ether oxygens (including phenoxy) is 1. The standard InChI is InChI=1S/C20H17NO3S/c1-12-6-9-19(25-12)18(22)11-24-20(23)15-10-17(13-7-8-13)21-16-5-3-2-4-14(15)16/h2-6,9-10,13H,7-8,11H2,1H3. The van der Waals surface area contributed by atoms with Crippen molar-refractivity contribution in [2.45, 2.75) is 25.7 Å². The largest absolute Gasteiger partial charge is 0.454 e. The van der Waals surface area contributed by atoms with E-state index >= 15 is 0 Å². The molecule has 3 aromatic rings. The zero-order chi connectivity index (χ0) is 17.4. The average Bonchev–Trinajstić information content (AvgIpc) is 3.39. The SMILES string of the molecule is Cc1ccc(C(=O)COC(=O)c2cc(C3CC3)nc3ccccc23)s1. The van der Waals surface area contributed by atoms with Crippen LogP contribution in [0.2, 0.25) is 0 Å². The lowest BCUT2D eigenvalue weighted by Crippen LogP contribution is -2.14. The number of esters is 1. The smallest absolute Gasteiger partial charge is 0.339 e. The fourth-order valence-corrected chi connectivity index (χ4v) is 3.61. The number of para-hydroxylation sites is 1. The lowest BCUT2D eigenvalue weighted by atomic mass is 10.1. The topological polar surface area (TPSA) is 56.3 Å². The number of carbonyl (C=O) groups is 2. The number of rotatable bonds is 5. The number of fused-ring (bicyclic) bond motifs is 1. The Balaban J connectivity index is 1.58. The van der Waals surface area contributed by atoms with E-state index in [2.05, 4.69) is 4.98 Å². The molecule has 0 N–H and O–H groups in total. The Hall–Kier alpha value is -2.53. The fourth-order valence-electron chi connectivity index (χ4n) is 2.82. The predicted octanol–water partition coefficient (Wildman–Crippen LogP) is 4.52. The van der Waals surface area contributed by atoms with Crippen molar-refractivity contribution < 1.29 is 14.3 Å². The first-order valence-corrected chi connectivity index (χ1v) is 9.10. The normalized spacial score (nSPS) is 13.8. The molecule has 126 valence electrons. The van der Waals surface area contributed by atoms with E-state index in [0.29, 0.717) is 16.4 Å². The Morgan fingerprint density at radius 3 is 2.72 bits per heavy atom. The number of carbonyl (C=O) groups excluding carboxylic acids is 2. The van der Waals surface area contributed by atoms with Gasteiger partial charge in [-0.3, -0.25) is 9.78 Å². The molecule has 2 aromatic heterocycles. The molecule has 1 fully saturated rings. The van der Waals surface area contributed by atoms with Gasteiger partial charge in [0.05, 0.1) is 16.0 Å². The van der Waals surface area contributed by atoms with Crippen molar-refractivity contribution in [1.82, 2.24) is 4.98 Å². The maximum atomic E-state index is 12.6. The van der Waals surface area contributed by atoms with Gasteiger partial charge in [-0.25, -0.2) is 4.79 Å². The third-order valence-electron chi connectivity index (χ3n) is 4.30. The molecule has 1 aliphatic carbocycles. The molecule has 4 rings (SSSR count). The third-order valence-corrected chi connectivity index (χ3v) is 5.34. The zero-order valence-corrected chi connectivity index (χ0v) is 14.6. The lowest BCUT2D eigenvalue weighted by molar-refractivity contribution is 0.0477. The van der Waals surface area contributed by atoms with Crippen molar-refractivity contribution in [2.24, 2.45) is 0 Å². The quantitative estimate of drug-likeness (QED) is 0.501. The molecular weight excluding hydrogens is 334 g/mol. The van der Waals surface area contributed by atoms with Crippen molar-refractivity contribution >= 4 is 34.0 Å². The molecule has 0 spiro atoms. The highest BCUT2D eigenvalue weighted by Crippen LogP contribution is 2.40. The molecule has 0 radical (unpaired) electrons. The summed E-state index contributed by atoms with van der Waals surface area (Å²) in [5.74, 6) is -0.207. The van der Waals surface area contributed by atoms with E-state index in [0.717, 1.165) is 34.3 Å². The summed E-state index contributed by atoms with van der Waals surface area (Å²) in [6.07, 6.45) is 2.21. The van der Waals surface area contributed by atoms with Crippen LogP contribution in [0, 0.1) is 6.92 Å². The van der Waals surface area contributed by atoms with E-state index in [9.17, 15) is 9.59 Å². The van der Waals surface area contributed by atoms with Crippen LogP contribution in [0.15, 0.2) is 42.5 Å². The average molecular weight is 351 g/mol. The molecule has 0 atom stereocenters. The fraction of sp³-hybridized carbons (Fsp3) is 0.250. The lowest BCUT2D eigenvalue weighted by Gasteiger charge is -2.09. The van der Waals surface area contributed by atoms with Gasteiger partial charge in [-0.05, 0) is 44.0 Å². The Morgan fingerprint density at radius 1 is 1.20 bits per heavy atom. The number of hydrogen-bond acceptors (Lipinski definition) is 5. The van der Waals surface area contributed by atoms with Crippen molar-refractivity contribution in [3.63, 3.8) is 0 Å². The molecule has 5 heteroatoms. The molecule has 0 amide bonds.